The summed E-state index contributed by atoms with van der Waals surface area (Å²) in [6.45, 7) is 0.389. The van der Waals surface area contributed by atoms with Crippen LogP contribution in [0.25, 0.3) is 0 Å². The molecule has 3 atom stereocenters. The monoisotopic (exact) mass is 541 g/mol. The number of hydrogen-bond acceptors (Lipinski definition) is 4. The minimum atomic E-state index is -4.53. The normalized spacial score (nSPS) is 26.6. The smallest absolute Gasteiger partial charge is 0.416 e. The Morgan fingerprint density at radius 2 is 1.58 bits per heavy atom. The lowest BCUT2D eigenvalue weighted by Gasteiger charge is -2.44. The maximum Gasteiger partial charge on any atom is 0.416 e. The van der Waals surface area contributed by atoms with E-state index in [2.05, 4.69) is 4.90 Å². The second-order valence-corrected chi connectivity index (χ2v) is 10.6. The quantitative estimate of drug-likeness (QED) is 0.278. The molecule has 4 nitrogen and oxygen atoms in total. The molecule has 3 unspecified atom stereocenters. The van der Waals surface area contributed by atoms with Gasteiger partial charge in [0.2, 0.25) is 0 Å². The van der Waals surface area contributed by atoms with Crippen molar-refractivity contribution in [3.8, 4) is 0 Å². The van der Waals surface area contributed by atoms with Gasteiger partial charge in [0.1, 0.15) is 5.60 Å². The van der Waals surface area contributed by atoms with Crippen LogP contribution < -0.4 is 0 Å². The van der Waals surface area contributed by atoms with Crippen LogP contribution in [0.3, 0.4) is 0 Å². The summed E-state index contributed by atoms with van der Waals surface area (Å²) in [6, 6.07) is 10.1. The van der Waals surface area contributed by atoms with Crippen LogP contribution in [0.2, 0.25) is 0 Å². The zero-order valence-electron chi connectivity index (χ0n) is 20.7. The van der Waals surface area contributed by atoms with E-state index in [9.17, 15) is 31.1 Å². The summed E-state index contributed by atoms with van der Waals surface area (Å²) in [5, 5.41) is 0. The lowest BCUT2D eigenvalue weighted by molar-refractivity contribution is -0.154. The topological polar surface area (TPSA) is 38.8 Å². The van der Waals surface area contributed by atoms with Gasteiger partial charge >= 0.3 is 18.3 Å². The van der Waals surface area contributed by atoms with Crippen LogP contribution in [-0.2, 0) is 33.2 Å². The van der Waals surface area contributed by atoms with E-state index in [1.807, 2.05) is 0 Å². The molecule has 0 aromatic heterocycles. The Bertz CT molecular complexity index is 1150. The fraction of sp³-hybridized carbons (Fsp3) is 0.536. The number of fused-ring (bicyclic) bond motifs is 2. The fourth-order valence-corrected chi connectivity index (χ4v) is 6.28. The summed E-state index contributed by atoms with van der Waals surface area (Å²) < 4.78 is 91.4. The van der Waals surface area contributed by atoms with Gasteiger partial charge in [-0.15, -0.1) is 0 Å². The Hall–Kier alpha value is -2.59. The van der Waals surface area contributed by atoms with E-state index in [4.69, 9.17) is 9.47 Å². The number of hydrogen-bond donors (Lipinski definition) is 0. The molecule has 0 N–H and O–H groups in total. The number of carbonyl (C=O) groups is 1. The SMILES string of the molecule is O=C1CCC2(CC3CCC(C2)N3CCC(OCc2cccc(C(F)(F)F)c2)c2cccc(C(F)(F)F)c2)O1. The summed E-state index contributed by atoms with van der Waals surface area (Å²) in [5.74, 6) is -0.162. The second kappa shape index (κ2) is 10.2. The number of ether oxygens (including phenoxy) is 2. The summed E-state index contributed by atoms with van der Waals surface area (Å²) in [5.41, 5.74) is -1.39. The van der Waals surface area contributed by atoms with Crippen molar-refractivity contribution < 1.29 is 40.6 Å². The molecule has 0 saturated carbocycles. The first-order valence-electron chi connectivity index (χ1n) is 12.8. The van der Waals surface area contributed by atoms with E-state index in [0.29, 0.717) is 30.5 Å². The highest BCUT2D eigenvalue weighted by Gasteiger charge is 2.52. The second-order valence-electron chi connectivity index (χ2n) is 10.6. The van der Waals surface area contributed by atoms with Gasteiger partial charge in [-0.1, -0.05) is 24.3 Å². The number of alkyl halides is 6. The lowest BCUT2D eigenvalue weighted by Crippen LogP contribution is -2.51. The van der Waals surface area contributed by atoms with Gasteiger partial charge in [0.15, 0.2) is 0 Å². The minimum Gasteiger partial charge on any atom is -0.459 e. The molecule has 3 heterocycles. The predicted octanol–water partition coefficient (Wildman–Crippen LogP) is 7.07. The molecule has 5 rings (SSSR count). The molecule has 1 spiro atoms. The number of esters is 1. The standard InChI is InChI=1S/C28H29F6NO3/c29-27(30,31)20-5-1-3-18(13-20)17-37-24(19-4-2-6-21(14-19)28(32,33)34)10-12-35-22-7-8-23(35)16-26(15-22)11-9-25(36)38-26/h1-6,13-14,22-24H,7-12,15-17H2. The molecular formula is C28H29F6NO3. The van der Waals surface area contributed by atoms with Gasteiger partial charge in [-0.3, -0.25) is 9.69 Å². The molecule has 0 radical (unpaired) electrons. The van der Waals surface area contributed by atoms with Crippen molar-refractivity contribution >= 4 is 5.97 Å². The van der Waals surface area contributed by atoms with Gasteiger partial charge in [-0.2, -0.15) is 26.3 Å². The van der Waals surface area contributed by atoms with Crippen LogP contribution in [0, 0.1) is 0 Å². The molecule has 3 aliphatic rings. The number of rotatable bonds is 7. The first-order valence-corrected chi connectivity index (χ1v) is 12.8. The van der Waals surface area contributed by atoms with Crippen molar-refractivity contribution in [2.75, 3.05) is 6.54 Å². The van der Waals surface area contributed by atoms with Crippen LogP contribution in [0.5, 0.6) is 0 Å². The molecule has 3 fully saturated rings. The van der Waals surface area contributed by atoms with E-state index in [1.54, 1.807) is 6.07 Å². The maximum atomic E-state index is 13.4. The Labute approximate surface area is 216 Å². The van der Waals surface area contributed by atoms with Crippen LogP contribution in [0.1, 0.15) is 73.3 Å². The third-order valence-corrected chi connectivity index (χ3v) is 8.04. The minimum absolute atomic E-state index is 0.162. The Balaban J connectivity index is 1.32. The summed E-state index contributed by atoms with van der Waals surface area (Å²) >= 11 is 0. The molecule has 2 bridgehead atoms. The molecule has 10 heteroatoms. The van der Waals surface area contributed by atoms with Crippen LogP contribution in [0.4, 0.5) is 26.3 Å². The third-order valence-electron chi connectivity index (χ3n) is 8.04. The van der Waals surface area contributed by atoms with E-state index in [1.165, 1.54) is 18.2 Å². The van der Waals surface area contributed by atoms with Crippen molar-refractivity contribution in [2.45, 2.75) is 87.7 Å². The van der Waals surface area contributed by atoms with Crippen molar-refractivity contribution in [1.29, 1.82) is 0 Å². The Morgan fingerprint density at radius 1 is 0.947 bits per heavy atom. The van der Waals surface area contributed by atoms with E-state index in [-0.39, 0.29) is 24.7 Å². The van der Waals surface area contributed by atoms with Gasteiger partial charge < -0.3 is 9.47 Å². The van der Waals surface area contributed by atoms with Crippen LogP contribution >= 0.6 is 0 Å². The molecule has 38 heavy (non-hydrogen) atoms. The van der Waals surface area contributed by atoms with Crippen LogP contribution in [-0.4, -0.2) is 35.1 Å². The summed E-state index contributed by atoms with van der Waals surface area (Å²) in [6.07, 6.45) is -4.84. The summed E-state index contributed by atoms with van der Waals surface area (Å²) in [4.78, 5) is 14.1. The van der Waals surface area contributed by atoms with Gasteiger partial charge in [0.05, 0.1) is 23.8 Å². The largest absolute Gasteiger partial charge is 0.459 e. The first kappa shape index (κ1) is 27.0. The van der Waals surface area contributed by atoms with Crippen molar-refractivity contribution in [2.24, 2.45) is 0 Å². The lowest BCUT2D eigenvalue weighted by atomic mass is 9.83. The first-order chi connectivity index (χ1) is 17.9. The van der Waals surface area contributed by atoms with Gasteiger partial charge in [-0.25, -0.2) is 0 Å². The number of nitrogens with zero attached hydrogens (tertiary/aromatic N) is 1. The number of piperidine rings is 1. The fourth-order valence-electron chi connectivity index (χ4n) is 6.28. The van der Waals surface area contributed by atoms with Gasteiger partial charge in [0, 0.05) is 37.9 Å². The van der Waals surface area contributed by atoms with Gasteiger partial charge in [0.25, 0.3) is 0 Å². The van der Waals surface area contributed by atoms with Crippen LogP contribution in [0.15, 0.2) is 48.5 Å². The highest BCUT2D eigenvalue weighted by atomic mass is 19.4. The zero-order chi connectivity index (χ0) is 27.1. The molecule has 0 amide bonds. The van der Waals surface area contributed by atoms with Crippen molar-refractivity contribution in [3.05, 3.63) is 70.8 Å². The highest BCUT2D eigenvalue weighted by molar-refractivity contribution is 5.72. The molecule has 2 aromatic rings. The third kappa shape index (κ3) is 5.86. The number of benzene rings is 2. The van der Waals surface area contributed by atoms with Crippen molar-refractivity contribution in [1.82, 2.24) is 4.90 Å². The number of carbonyl (C=O) groups excluding carboxylic acids is 1. The molecule has 3 saturated heterocycles. The average molecular weight is 542 g/mol. The van der Waals surface area contributed by atoms with E-state index in [0.717, 1.165) is 56.4 Å². The zero-order valence-corrected chi connectivity index (χ0v) is 20.7. The maximum absolute atomic E-state index is 13.4. The molecule has 2 aromatic carbocycles. The number of halogens is 6. The molecular weight excluding hydrogens is 512 g/mol. The molecule has 206 valence electrons. The Morgan fingerprint density at radius 3 is 2.18 bits per heavy atom. The van der Waals surface area contributed by atoms with Crippen molar-refractivity contribution in [3.63, 3.8) is 0 Å². The molecule has 0 aliphatic carbocycles. The Kier molecular flexibility index (Phi) is 7.24. The molecule has 3 aliphatic heterocycles. The van der Waals surface area contributed by atoms with Gasteiger partial charge in [-0.05, 0) is 61.1 Å². The van der Waals surface area contributed by atoms with E-state index < -0.39 is 35.2 Å². The average Bonchev–Trinajstić information content (AvgIpc) is 3.33. The van der Waals surface area contributed by atoms with E-state index >= 15 is 0 Å². The highest BCUT2D eigenvalue weighted by Crippen LogP contribution is 2.47. The predicted molar refractivity (Wildman–Crippen MR) is 126 cm³/mol. The summed E-state index contributed by atoms with van der Waals surface area (Å²) in [7, 11) is 0.